The van der Waals surface area contributed by atoms with Gasteiger partial charge in [0, 0.05) is 6.20 Å². The van der Waals surface area contributed by atoms with Crippen molar-refractivity contribution in [2.75, 3.05) is 11.5 Å². The second kappa shape index (κ2) is 13.0. The van der Waals surface area contributed by atoms with Gasteiger partial charge in [-0.1, -0.05) is 18.2 Å². The molecule has 5 N–H and O–H groups in total. The van der Waals surface area contributed by atoms with Gasteiger partial charge in [0.05, 0.1) is 35.9 Å². The van der Waals surface area contributed by atoms with Crippen LogP contribution >= 0.6 is 0 Å². The lowest BCUT2D eigenvalue weighted by Gasteiger charge is -2.42. The van der Waals surface area contributed by atoms with Gasteiger partial charge in [-0.15, -0.1) is 0 Å². The fourth-order valence-corrected chi connectivity index (χ4v) is 7.38. The van der Waals surface area contributed by atoms with E-state index in [1.165, 1.54) is 12.1 Å². The molecule has 2 aliphatic heterocycles. The Hall–Kier alpha value is -4.06. The molecule has 2 amide bonds. The summed E-state index contributed by atoms with van der Waals surface area (Å²) in [5, 5.41) is 51.0. The minimum absolute atomic E-state index is 0.105. The Labute approximate surface area is 268 Å². The van der Waals surface area contributed by atoms with Gasteiger partial charge in [0.25, 0.3) is 0 Å². The van der Waals surface area contributed by atoms with E-state index in [1.807, 2.05) is 50.3 Å². The third-order valence-electron chi connectivity index (χ3n) is 9.45. The number of imide groups is 1. The third-order valence-corrected chi connectivity index (χ3v) is 9.45. The van der Waals surface area contributed by atoms with Crippen LogP contribution in [0.5, 0.6) is 5.75 Å². The lowest BCUT2D eigenvalue weighted by atomic mass is 9.58. The molecule has 3 heterocycles. The first-order chi connectivity index (χ1) is 22.1. The number of carbonyl (C=O) groups is 2. The van der Waals surface area contributed by atoms with Crippen LogP contribution in [0.2, 0.25) is 6.32 Å². The van der Waals surface area contributed by atoms with Gasteiger partial charge in [-0.3, -0.25) is 19.5 Å². The first-order valence-electron chi connectivity index (χ1n) is 15.5. The number of hydrogen-bond donors (Lipinski definition) is 5. The van der Waals surface area contributed by atoms with Crippen LogP contribution in [0.3, 0.4) is 0 Å². The number of phenolic OH excluding ortho intramolecular Hbond substituents is 1. The lowest BCUT2D eigenvalue weighted by Crippen LogP contribution is -2.46. The third kappa shape index (κ3) is 5.94. The normalized spacial score (nSPS) is 23.1. The smallest absolute Gasteiger partial charge is 0.488 e. The fraction of sp³-hybridized carbons (Fsp3) is 0.324. The lowest BCUT2D eigenvalue weighted by molar-refractivity contribution is -0.122. The molecule has 46 heavy (non-hydrogen) atoms. The number of hydrogen-bond acceptors (Lipinski definition) is 9. The number of pyridine rings is 1. The van der Waals surface area contributed by atoms with Crippen molar-refractivity contribution in [2.45, 2.75) is 45.5 Å². The van der Waals surface area contributed by atoms with E-state index in [4.69, 9.17) is 4.65 Å². The van der Waals surface area contributed by atoms with Gasteiger partial charge in [0.2, 0.25) is 11.8 Å². The summed E-state index contributed by atoms with van der Waals surface area (Å²) in [6.45, 7) is 3.38. The molecule has 6 rings (SSSR count). The predicted octanol–water partition coefficient (Wildman–Crippen LogP) is 2.40. The summed E-state index contributed by atoms with van der Waals surface area (Å²) in [4.78, 5) is 33.3. The maximum atomic E-state index is 14.0. The van der Waals surface area contributed by atoms with Crippen LogP contribution in [0.4, 0.5) is 5.69 Å². The maximum absolute atomic E-state index is 14.0. The molecule has 10 nitrogen and oxygen atoms in total. The van der Waals surface area contributed by atoms with E-state index in [9.17, 15) is 34.9 Å². The van der Waals surface area contributed by atoms with Gasteiger partial charge in [-0.2, -0.15) is 0 Å². The van der Waals surface area contributed by atoms with Crippen molar-refractivity contribution in [3.63, 3.8) is 0 Å². The predicted molar refractivity (Wildman–Crippen MR) is 175 cm³/mol. The Bertz CT molecular complexity index is 1700. The number of rotatable bonds is 8. The van der Waals surface area contributed by atoms with Crippen molar-refractivity contribution < 1.29 is 39.5 Å². The fourth-order valence-electron chi connectivity index (χ4n) is 7.38. The summed E-state index contributed by atoms with van der Waals surface area (Å²) in [6, 6.07) is 15.5. The molecule has 3 aromatic rings. The van der Waals surface area contributed by atoms with E-state index >= 15 is 0 Å². The number of carbonyl (C=O) groups excluding carboxylic acids is 2. The zero-order valence-electron chi connectivity index (χ0n) is 25.7. The number of amides is 2. The number of aromatic hydroxyl groups is 1. The summed E-state index contributed by atoms with van der Waals surface area (Å²) in [5.41, 5.74) is 5.89. The number of nitrogens with zero attached hydrogens (tertiary/aromatic N) is 2. The zero-order chi connectivity index (χ0) is 32.7. The Morgan fingerprint density at radius 1 is 1.07 bits per heavy atom. The van der Waals surface area contributed by atoms with Crippen LogP contribution in [0, 0.1) is 31.6 Å². The average Bonchev–Trinajstić information content (AvgIpc) is 3.30. The van der Waals surface area contributed by atoms with Crippen LogP contribution in [0.15, 0.2) is 71.9 Å². The average molecular weight is 622 g/mol. The zero-order valence-corrected chi connectivity index (χ0v) is 25.7. The number of phenols is 1. The van der Waals surface area contributed by atoms with Gasteiger partial charge in [0.15, 0.2) is 0 Å². The van der Waals surface area contributed by atoms with Gasteiger partial charge >= 0.3 is 14.2 Å². The number of aliphatic hydroxyl groups excluding tert-OH is 1. The molecule has 4 atom stereocenters. The first-order valence-corrected chi connectivity index (χ1v) is 15.5. The van der Waals surface area contributed by atoms with Crippen LogP contribution in [0.25, 0.3) is 11.6 Å². The highest BCUT2D eigenvalue weighted by atomic mass is 16.5. The van der Waals surface area contributed by atoms with E-state index in [-0.39, 0.29) is 36.2 Å². The van der Waals surface area contributed by atoms with Crippen LogP contribution < -0.4 is 10.4 Å². The quantitative estimate of drug-likeness (QED) is 0.144. The summed E-state index contributed by atoms with van der Waals surface area (Å²) in [7, 11) is -2.94. The summed E-state index contributed by atoms with van der Waals surface area (Å²) >= 11 is 0. The number of aryl methyl sites for hydroxylation is 2. The van der Waals surface area contributed by atoms with Crippen LogP contribution in [0.1, 0.15) is 41.6 Å². The molecular formula is C34H36B2N2O8. The van der Waals surface area contributed by atoms with E-state index < -0.39 is 49.9 Å². The molecule has 2 fully saturated rings. The SMILES string of the molecule is Cc1cc(/C=C(/CC[C@H]2OB(O)C[C@H]3C2=C(CO)C[C@H]2C(=O)N(c4cccc(B(O)O)c4)C(=O)[C@H]23)c2ccccn2)cc(C)c1O. The summed E-state index contributed by atoms with van der Waals surface area (Å²) in [5.74, 6) is -2.57. The minimum atomic E-state index is -1.76. The van der Waals surface area contributed by atoms with Gasteiger partial charge in [-0.05, 0) is 127 Å². The van der Waals surface area contributed by atoms with E-state index in [2.05, 4.69) is 4.98 Å². The molecule has 0 unspecified atom stereocenters. The van der Waals surface area contributed by atoms with Crippen LogP contribution in [-0.2, 0) is 14.2 Å². The van der Waals surface area contributed by atoms with Crippen molar-refractivity contribution in [3.8, 4) is 5.75 Å². The highest BCUT2D eigenvalue weighted by molar-refractivity contribution is 6.58. The van der Waals surface area contributed by atoms with Crippen LogP contribution in [-0.4, -0.2) is 69.0 Å². The van der Waals surface area contributed by atoms with Crippen molar-refractivity contribution in [2.24, 2.45) is 17.8 Å². The highest BCUT2D eigenvalue weighted by Crippen LogP contribution is 2.51. The number of aromatic nitrogens is 1. The summed E-state index contributed by atoms with van der Waals surface area (Å²) in [6.07, 6.45) is 4.32. The summed E-state index contributed by atoms with van der Waals surface area (Å²) < 4.78 is 6.08. The Morgan fingerprint density at radius 3 is 2.50 bits per heavy atom. The van der Waals surface area contributed by atoms with Gasteiger partial charge in [-0.25, -0.2) is 0 Å². The highest BCUT2D eigenvalue weighted by Gasteiger charge is 2.57. The minimum Gasteiger partial charge on any atom is -0.507 e. The monoisotopic (exact) mass is 622 g/mol. The molecule has 2 aromatic carbocycles. The van der Waals surface area contributed by atoms with Gasteiger partial charge < -0.3 is 29.9 Å². The molecule has 3 aliphatic rings. The molecule has 0 bridgehead atoms. The first kappa shape index (κ1) is 31.9. The van der Waals surface area contributed by atoms with E-state index in [1.54, 1.807) is 18.3 Å². The largest absolute Gasteiger partial charge is 0.507 e. The molecule has 12 heteroatoms. The Kier molecular flexibility index (Phi) is 9.00. The standard InChI is InChI=1S/C34H36B2N2O8/c1-19-12-21(13-20(2)32(19)40)14-22(28-8-3-4-11-37-28)9-10-29-30-23(18-39)15-26-31(27(30)17-35(43)46-29)34(42)38(33(26)41)25-7-5-6-24(16-25)36(44)45/h3-8,11-14,16,26-27,29,31,39-40,43-45H,9-10,15,17-18H2,1-2H3/b22-14-/t26-,27+,29-,31-/m1/s1. The number of anilines is 1. The molecular weight excluding hydrogens is 586 g/mol. The second-order valence-corrected chi connectivity index (χ2v) is 12.4. The van der Waals surface area contributed by atoms with Crippen molar-refractivity contribution >= 4 is 48.9 Å². The molecule has 2 saturated heterocycles. The van der Waals surface area contributed by atoms with Gasteiger partial charge in [0.1, 0.15) is 5.75 Å². The second-order valence-electron chi connectivity index (χ2n) is 12.4. The Balaban J connectivity index is 1.32. The van der Waals surface area contributed by atoms with Crippen molar-refractivity contribution in [1.29, 1.82) is 0 Å². The molecule has 1 aromatic heterocycles. The molecule has 236 valence electrons. The Morgan fingerprint density at radius 2 is 1.83 bits per heavy atom. The van der Waals surface area contributed by atoms with Crippen molar-refractivity contribution in [1.82, 2.24) is 4.98 Å². The van der Waals surface area contributed by atoms with E-state index in [0.29, 0.717) is 18.4 Å². The molecule has 0 spiro atoms. The molecule has 0 saturated carbocycles. The number of aliphatic hydroxyl groups is 1. The number of benzene rings is 2. The maximum Gasteiger partial charge on any atom is 0.488 e. The molecule has 0 radical (unpaired) electrons. The molecule has 1 aliphatic carbocycles. The van der Waals surface area contributed by atoms with E-state index in [0.717, 1.165) is 38.4 Å². The number of allylic oxidation sites excluding steroid dienone is 1. The van der Waals surface area contributed by atoms with Crippen molar-refractivity contribution in [3.05, 3.63) is 94.3 Å². The topological polar surface area (TPSA) is 161 Å². The number of fused-ring (bicyclic) bond motifs is 3.